The lowest BCUT2D eigenvalue weighted by molar-refractivity contribution is -0.525. The molecule has 0 unspecified atom stereocenters. The summed E-state index contributed by atoms with van der Waals surface area (Å²) in [6.45, 7) is 6.77. The molecule has 31 heavy (non-hydrogen) atoms. The molecule has 0 spiro atoms. The Morgan fingerprint density at radius 2 is 2.03 bits per heavy atom. The van der Waals surface area contributed by atoms with E-state index in [-0.39, 0.29) is 24.3 Å². The number of nitrogens with zero attached hydrogens (tertiary/aromatic N) is 2. The minimum atomic E-state index is -0.801. The fourth-order valence-corrected chi connectivity index (χ4v) is 2.67. The Hall–Kier alpha value is -3.43. The molecule has 0 heterocycles. The third-order valence-corrected chi connectivity index (χ3v) is 4.26. The molecule has 5 N–H and O–H groups in total. The molecule has 0 saturated carbocycles. The Bertz CT molecular complexity index is 807. The van der Waals surface area contributed by atoms with Gasteiger partial charge in [-0.1, -0.05) is 49.1 Å². The molecular formula is C21H32N6O4. The van der Waals surface area contributed by atoms with Gasteiger partial charge in [0.25, 0.3) is 5.96 Å². The fourth-order valence-electron chi connectivity index (χ4n) is 2.67. The first-order valence-corrected chi connectivity index (χ1v) is 10.2. The van der Waals surface area contributed by atoms with Crippen molar-refractivity contribution in [2.24, 2.45) is 16.6 Å². The Balaban J connectivity index is 2.68. The molecule has 0 saturated heterocycles. The number of nitro groups is 1. The summed E-state index contributed by atoms with van der Waals surface area (Å²) in [5, 5.41) is 15.1. The molecule has 0 bridgehead atoms. The number of carbonyl (C=O) groups is 2. The molecule has 1 aromatic rings. The number of hydrogen-bond acceptors (Lipinski definition) is 5. The highest BCUT2D eigenvalue weighted by Crippen LogP contribution is 2.06. The molecule has 170 valence electrons. The zero-order valence-corrected chi connectivity index (χ0v) is 18.3. The number of hydrazine groups is 1. The second kappa shape index (κ2) is 13.7. The maximum Gasteiger partial charge on any atom is 0.251 e. The predicted molar refractivity (Wildman–Crippen MR) is 120 cm³/mol. The minimum absolute atomic E-state index is 0.178. The number of nitrogens with one attached hydrogen (secondary N) is 3. The lowest BCUT2D eigenvalue weighted by atomic mass is 10.1. The van der Waals surface area contributed by atoms with Crippen LogP contribution in [-0.4, -0.2) is 41.9 Å². The zero-order chi connectivity index (χ0) is 23.2. The van der Waals surface area contributed by atoms with Gasteiger partial charge >= 0.3 is 0 Å². The van der Waals surface area contributed by atoms with Crippen molar-refractivity contribution in [3.8, 4) is 0 Å². The normalized spacial score (nSPS) is 12.6. The van der Waals surface area contributed by atoms with Crippen LogP contribution in [0.2, 0.25) is 0 Å². The molecular weight excluding hydrogens is 400 g/mol. The van der Waals surface area contributed by atoms with Gasteiger partial charge in [0.15, 0.2) is 5.03 Å². The van der Waals surface area contributed by atoms with Gasteiger partial charge in [-0.2, -0.15) is 0 Å². The first-order chi connectivity index (χ1) is 14.7. The smallest absolute Gasteiger partial charge is 0.251 e. The third-order valence-electron chi connectivity index (χ3n) is 4.26. The van der Waals surface area contributed by atoms with Crippen molar-refractivity contribution >= 4 is 23.8 Å². The highest BCUT2D eigenvalue weighted by atomic mass is 16.7. The highest BCUT2D eigenvalue weighted by Gasteiger charge is 2.19. The average Bonchev–Trinajstić information content (AvgIpc) is 2.67. The number of carbonyl (C=O) groups excluding carboxylic acids is 2. The molecule has 0 aliphatic rings. The van der Waals surface area contributed by atoms with Crippen molar-refractivity contribution in [2.75, 3.05) is 13.1 Å². The lowest BCUT2D eigenvalue weighted by Crippen LogP contribution is -2.46. The Labute approximate surface area is 182 Å². The maximum absolute atomic E-state index is 12.5. The number of rotatable bonds is 12. The predicted octanol–water partition coefficient (Wildman–Crippen LogP) is 1.53. The van der Waals surface area contributed by atoms with Crippen molar-refractivity contribution in [2.45, 2.75) is 46.1 Å². The Kier molecular flexibility index (Phi) is 11.3. The lowest BCUT2D eigenvalue weighted by Gasteiger charge is -2.18. The van der Waals surface area contributed by atoms with Crippen LogP contribution in [0.25, 0.3) is 6.08 Å². The summed E-state index contributed by atoms with van der Waals surface area (Å²) in [7, 11) is 0. The van der Waals surface area contributed by atoms with Crippen LogP contribution in [0.4, 0.5) is 0 Å². The number of benzene rings is 1. The Morgan fingerprint density at radius 3 is 2.68 bits per heavy atom. The van der Waals surface area contributed by atoms with Crippen molar-refractivity contribution in [1.82, 2.24) is 16.1 Å². The van der Waals surface area contributed by atoms with E-state index in [2.05, 4.69) is 29.5 Å². The summed E-state index contributed by atoms with van der Waals surface area (Å²) in [5.74, 6) is -0.535. The number of nitrogens with two attached hydrogens (primary N) is 1. The second-order valence-electron chi connectivity index (χ2n) is 7.56. The van der Waals surface area contributed by atoms with Gasteiger partial charge in [0.2, 0.25) is 11.8 Å². The van der Waals surface area contributed by atoms with Gasteiger partial charge in [0.1, 0.15) is 6.04 Å². The van der Waals surface area contributed by atoms with Crippen LogP contribution in [0.1, 0.15) is 44.2 Å². The van der Waals surface area contributed by atoms with Gasteiger partial charge in [-0.3, -0.25) is 9.59 Å². The summed E-state index contributed by atoms with van der Waals surface area (Å²) in [6.07, 6.45) is 4.62. The fraction of sp³-hybridized carbons (Fsp3) is 0.476. The van der Waals surface area contributed by atoms with E-state index in [0.717, 1.165) is 17.5 Å². The van der Waals surface area contributed by atoms with Crippen LogP contribution in [0.3, 0.4) is 0 Å². The van der Waals surface area contributed by atoms with Crippen LogP contribution in [0, 0.1) is 23.0 Å². The molecule has 0 aliphatic heterocycles. The minimum Gasteiger partial charge on any atom is -0.365 e. The van der Waals surface area contributed by atoms with E-state index < -0.39 is 11.1 Å². The van der Waals surface area contributed by atoms with Gasteiger partial charge in [-0.25, -0.2) is 15.1 Å². The van der Waals surface area contributed by atoms with E-state index >= 15 is 0 Å². The molecule has 10 heteroatoms. The van der Waals surface area contributed by atoms with Gasteiger partial charge in [-0.15, -0.1) is 0 Å². The van der Waals surface area contributed by atoms with E-state index in [1.54, 1.807) is 11.5 Å². The van der Waals surface area contributed by atoms with Crippen molar-refractivity contribution < 1.29 is 14.6 Å². The van der Waals surface area contributed by atoms with Gasteiger partial charge < -0.3 is 16.4 Å². The summed E-state index contributed by atoms with van der Waals surface area (Å²) in [4.78, 5) is 39.0. The van der Waals surface area contributed by atoms with Crippen LogP contribution in [0.15, 0.2) is 35.3 Å². The number of guanidine groups is 1. The largest absolute Gasteiger partial charge is 0.365 e. The van der Waals surface area contributed by atoms with Crippen molar-refractivity contribution in [3.05, 3.63) is 51.6 Å². The summed E-state index contributed by atoms with van der Waals surface area (Å²) in [6, 6.07) is 6.94. The quantitative estimate of drug-likeness (QED) is 0.0981. The highest BCUT2D eigenvalue weighted by molar-refractivity contribution is 5.95. The first-order valence-electron chi connectivity index (χ1n) is 10.2. The topological polar surface area (TPSA) is 152 Å². The molecule has 2 amide bonds. The maximum atomic E-state index is 12.5. The van der Waals surface area contributed by atoms with Crippen LogP contribution < -0.4 is 21.8 Å². The van der Waals surface area contributed by atoms with E-state index in [9.17, 15) is 19.7 Å². The number of aliphatic imine (C=N–C) groups is 1. The number of amides is 2. The standard InChI is InChI=1S/C21H32N6O4/c1-15(2)11-13-23-20(29)18(8-5-12-24-21(22)26-27(30)31)25-19(28)10-9-17-7-4-6-16(3)14-17/h4,6-7,9-10,14-15,18H,5,8,11-13H2,1-3H3,(H,23,29)(H,25,28)(H3,22,24,26)/b10-9+/t18-/m0/s1. The number of aryl methyl sites for hydroxylation is 1. The Morgan fingerprint density at radius 1 is 1.29 bits per heavy atom. The average molecular weight is 433 g/mol. The molecule has 0 fully saturated rings. The van der Waals surface area contributed by atoms with E-state index in [0.29, 0.717) is 25.3 Å². The molecule has 0 radical (unpaired) electrons. The van der Waals surface area contributed by atoms with Crippen LogP contribution >= 0.6 is 0 Å². The van der Waals surface area contributed by atoms with Gasteiger partial charge in [0.05, 0.1) is 0 Å². The van der Waals surface area contributed by atoms with Crippen LogP contribution in [0.5, 0.6) is 0 Å². The molecule has 1 atom stereocenters. The molecule has 0 aromatic heterocycles. The molecule has 1 aromatic carbocycles. The SMILES string of the molecule is Cc1cccc(/C=C/C(=O)N[C@@H](CCCN=C(N)N[N+](=O)[O-])C(=O)NCCC(C)C)c1. The van der Waals surface area contributed by atoms with Crippen molar-refractivity contribution in [1.29, 1.82) is 0 Å². The first kappa shape index (κ1) is 25.6. The van der Waals surface area contributed by atoms with Crippen LogP contribution in [-0.2, 0) is 9.59 Å². The third kappa shape index (κ3) is 12.0. The molecule has 10 nitrogen and oxygen atoms in total. The van der Waals surface area contributed by atoms with Gasteiger partial charge in [-0.05, 0) is 43.7 Å². The summed E-state index contributed by atoms with van der Waals surface area (Å²) in [5.41, 5.74) is 9.09. The molecule has 0 aliphatic carbocycles. The second-order valence-corrected chi connectivity index (χ2v) is 7.56. The molecule has 1 rings (SSSR count). The number of hydrogen-bond donors (Lipinski definition) is 4. The van der Waals surface area contributed by atoms with E-state index in [1.807, 2.05) is 31.2 Å². The van der Waals surface area contributed by atoms with Gasteiger partial charge in [0, 0.05) is 19.2 Å². The zero-order valence-electron chi connectivity index (χ0n) is 18.3. The van der Waals surface area contributed by atoms with E-state index in [1.165, 1.54) is 6.08 Å². The monoisotopic (exact) mass is 432 g/mol. The van der Waals surface area contributed by atoms with Crippen molar-refractivity contribution in [3.63, 3.8) is 0 Å². The van der Waals surface area contributed by atoms with E-state index in [4.69, 9.17) is 5.73 Å². The summed E-state index contributed by atoms with van der Waals surface area (Å²) >= 11 is 0. The summed E-state index contributed by atoms with van der Waals surface area (Å²) < 4.78 is 0.